The number of anilines is 1. The van der Waals surface area contributed by atoms with Crippen molar-refractivity contribution in [2.75, 3.05) is 31.2 Å². The van der Waals surface area contributed by atoms with Crippen LogP contribution in [-0.2, 0) is 4.74 Å². The van der Waals surface area contributed by atoms with Gasteiger partial charge in [0.25, 0.3) is 0 Å². The van der Waals surface area contributed by atoms with E-state index >= 15 is 0 Å². The molecule has 1 saturated heterocycles. The van der Waals surface area contributed by atoms with Crippen LogP contribution in [0, 0.1) is 0 Å². The van der Waals surface area contributed by atoms with Crippen LogP contribution in [0.5, 0.6) is 0 Å². The van der Waals surface area contributed by atoms with E-state index in [4.69, 9.17) is 4.74 Å². The fourth-order valence-corrected chi connectivity index (χ4v) is 2.00. The minimum atomic E-state index is 0.837. The van der Waals surface area contributed by atoms with Crippen molar-refractivity contribution in [3.05, 3.63) is 48.1 Å². The van der Waals surface area contributed by atoms with Crippen LogP contribution in [0.15, 0.2) is 42.5 Å². The number of hydrogen-bond donors (Lipinski definition) is 0. The third-order valence-electron chi connectivity index (χ3n) is 3.04. The molecule has 0 radical (unpaired) electrons. The lowest BCUT2D eigenvalue weighted by Crippen LogP contribution is -2.36. The number of allylic oxidation sites excluding steroid dienone is 3. The van der Waals surface area contributed by atoms with Gasteiger partial charge in [0.1, 0.15) is 0 Å². The van der Waals surface area contributed by atoms with E-state index in [0.29, 0.717) is 0 Å². The van der Waals surface area contributed by atoms with E-state index in [0.717, 1.165) is 32.7 Å². The predicted molar refractivity (Wildman–Crippen MR) is 77.9 cm³/mol. The van der Waals surface area contributed by atoms with E-state index < -0.39 is 0 Å². The summed E-state index contributed by atoms with van der Waals surface area (Å²) >= 11 is 0. The third kappa shape index (κ3) is 3.74. The first kappa shape index (κ1) is 12.9. The number of nitrogens with zero attached hydrogens (tertiary/aromatic N) is 1. The van der Waals surface area contributed by atoms with E-state index in [-0.39, 0.29) is 0 Å². The number of morpholine rings is 1. The molecule has 1 aromatic carbocycles. The van der Waals surface area contributed by atoms with E-state index in [2.05, 4.69) is 60.4 Å². The summed E-state index contributed by atoms with van der Waals surface area (Å²) < 4.78 is 5.36. The molecule has 0 spiro atoms. The highest BCUT2D eigenvalue weighted by Gasteiger charge is 2.10. The summed E-state index contributed by atoms with van der Waals surface area (Å²) in [7, 11) is 0. The summed E-state index contributed by atoms with van der Waals surface area (Å²) in [5.41, 5.74) is 2.53. The zero-order valence-corrected chi connectivity index (χ0v) is 11.0. The minimum absolute atomic E-state index is 0.837. The molecular formula is C16H21NO. The van der Waals surface area contributed by atoms with Gasteiger partial charge in [0.15, 0.2) is 0 Å². The summed E-state index contributed by atoms with van der Waals surface area (Å²) in [4.78, 5) is 2.37. The normalized spacial score (nSPS) is 16.8. The Morgan fingerprint density at radius 3 is 2.50 bits per heavy atom. The number of hydrogen-bond acceptors (Lipinski definition) is 2. The summed E-state index contributed by atoms with van der Waals surface area (Å²) in [6.07, 6.45) is 9.55. The number of benzene rings is 1. The molecule has 18 heavy (non-hydrogen) atoms. The van der Waals surface area contributed by atoms with Gasteiger partial charge in [-0.2, -0.15) is 0 Å². The molecule has 0 atom stereocenters. The molecule has 0 aliphatic carbocycles. The fraction of sp³-hybridized carbons (Fsp3) is 0.375. The maximum Gasteiger partial charge on any atom is 0.0642 e. The first-order valence-electron chi connectivity index (χ1n) is 6.66. The van der Waals surface area contributed by atoms with Gasteiger partial charge in [-0.05, 0) is 24.1 Å². The standard InChI is InChI=1S/C16H21NO/c1-2-3-4-5-6-15-7-9-16(10-8-15)17-11-13-18-14-12-17/h3-10H,2,11-14H2,1H3. The maximum atomic E-state index is 5.36. The average molecular weight is 243 g/mol. The average Bonchev–Trinajstić information content (AvgIpc) is 2.45. The molecule has 1 heterocycles. The van der Waals surface area contributed by atoms with Gasteiger partial charge in [-0.15, -0.1) is 0 Å². The van der Waals surface area contributed by atoms with Crippen LogP contribution < -0.4 is 4.90 Å². The van der Waals surface area contributed by atoms with E-state index in [1.807, 2.05) is 0 Å². The Hall–Kier alpha value is -1.54. The monoisotopic (exact) mass is 243 g/mol. The van der Waals surface area contributed by atoms with E-state index in [9.17, 15) is 0 Å². The largest absolute Gasteiger partial charge is 0.378 e. The van der Waals surface area contributed by atoms with E-state index in [1.165, 1.54) is 11.3 Å². The molecular weight excluding hydrogens is 222 g/mol. The molecule has 2 heteroatoms. The van der Waals surface area contributed by atoms with Crippen LogP contribution in [0.2, 0.25) is 0 Å². The first-order valence-corrected chi connectivity index (χ1v) is 6.66. The molecule has 1 aliphatic heterocycles. The molecule has 0 aromatic heterocycles. The van der Waals surface area contributed by atoms with Gasteiger partial charge in [-0.1, -0.05) is 43.4 Å². The van der Waals surface area contributed by atoms with Crippen LogP contribution in [0.25, 0.3) is 6.08 Å². The Bertz CT molecular complexity index is 400. The van der Waals surface area contributed by atoms with Crippen molar-refractivity contribution in [2.45, 2.75) is 13.3 Å². The predicted octanol–water partition coefficient (Wildman–Crippen LogP) is 3.50. The Kier molecular flexibility index (Phi) is 5.03. The summed E-state index contributed by atoms with van der Waals surface area (Å²) in [6, 6.07) is 8.71. The van der Waals surface area contributed by atoms with Crippen LogP contribution in [0.4, 0.5) is 5.69 Å². The molecule has 2 nitrogen and oxygen atoms in total. The second-order valence-electron chi connectivity index (χ2n) is 4.39. The Labute approximate surface area is 110 Å². The smallest absolute Gasteiger partial charge is 0.0642 e. The van der Waals surface area contributed by atoms with Crippen molar-refractivity contribution < 1.29 is 4.74 Å². The highest BCUT2D eigenvalue weighted by Crippen LogP contribution is 2.17. The van der Waals surface area contributed by atoms with Gasteiger partial charge >= 0.3 is 0 Å². The van der Waals surface area contributed by atoms with Gasteiger partial charge in [0.05, 0.1) is 13.2 Å². The second-order valence-corrected chi connectivity index (χ2v) is 4.39. The molecule has 1 fully saturated rings. The topological polar surface area (TPSA) is 12.5 Å². The minimum Gasteiger partial charge on any atom is -0.378 e. The van der Waals surface area contributed by atoms with Crippen molar-refractivity contribution in [1.29, 1.82) is 0 Å². The molecule has 1 aliphatic rings. The Morgan fingerprint density at radius 2 is 1.83 bits per heavy atom. The van der Waals surface area contributed by atoms with Gasteiger partial charge in [-0.3, -0.25) is 0 Å². The van der Waals surface area contributed by atoms with Crippen molar-refractivity contribution in [2.24, 2.45) is 0 Å². The lowest BCUT2D eigenvalue weighted by atomic mass is 10.1. The van der Waals surface area contributed by atoms with Crippen LogP contribution in [0.1, 0.15) is 18.9 Å². The van der Waals surface area contributed by atoms with Gasteiger partial charge in [-0.25, -0.2) is 0 Å². The number of ether oxygens (including phenoxy) is 1. The van der Waals surface area contributed by atoms with Crippen molar-refractivity contribution in [3.63, 3.8) is 0 Å². The zero-order chi connectivity index (χ0) is 12.6. The third-order valence-corrected chi connectivity index (χ3v) is 3.04. The van der Waals surface area contributed by atoms with Gasteiger partial charge < -0.3 is 9.64 Å². The summed E-state index contributed by atoms with van der Waals surface area (Å²) in [5.74, 6) is 0. The van der Waals surface area contributed by atoms with Gasteiger partial charge in [0.2, 0.25) is 0 Å². The quantitative estimate of drug-likeness (QED) is 0.750. The molecule has 0 amide bonds. The number of rotatable bonds is 4. The summed E-state index contributed by atoms with van der Waals surface area (Å²) in [6.45, 7) is 5.80. The van der Waals surface area contributed by atoms with Crippen LogP contribution >= 0.6 is 0 Å². The Morgan fingerprint density at radius 1 is 1.11 bits per heavy atom. The first-order chi connectivity index (χ1) is 8.90. The SMILES string of the molecule is CCC=CC=Cc1ccc(N2CCOCC2)cc1. The Balaban J connectivity index is 1.96. The van der Waals surface area contributed by atoms with Crippen LogP contribution in [0.3, 0.4) is 0 Å². The van der Waals surface area contributed by atoms with Crippen molar-refractivity contribution in [3.8, 4) is 0 Å². The second kappa shape index (κ2) is 7.02. The molecule has 2 rings (SSSR count). The lowest BCUT2D eigenvalue weighted by molar-refractivity contribution is 0.122. The summed E-state index contributed by atoms with van der Waals surface area (Å²) in [5, 5.41) is 0. The van der Waals surface area contributed by atoms with Crippen LogP contribution in [-0.4, -0.2) is 26.3 Å². The molecule has 0 saturated carbocycles. The molecule has 96 valence electrons. The molecule has 1 aromatic rings. The molecule has 0 unspecified atom stereocenters. The highest BCUT2D eigenvalue weighted by molar-refractivity contribution is 5.57. The molecule has 0 bridgehead atoms. The maximum absolute atomic E-state index is 5.36. The fourth-order valence-electron chi connectivity index (χ4n) is 2.00. The van der Waals surface area contributed by atoms with E-state index in [1.54, 1.807) is 0 Å². The zero-order valence-electron chi connectivity index (χ0n) is 11.0. The lowest BCUT2D eigenvalue weighted by Gasteiger charge is -2.28. The molecule has 0 N–H and O–H groups in total. The highest BCUT2D eigenvalue weighted by atomic mass is 16.5. The van der Waals surface area contributed by atoms with Crippen molar-refractivity contribution in [1.82, 2.24) is 0 Å². The van der Waals surface area contributed by atoms with Gasteiger partial charge in [0, 0.05) is 18.8 Å². The van der Waals surface area contributed by atoms with Crippen molar-refractivity contribution >= 4 is 11.8 Å².